The topological polar surface area (TPSA) is 90.6 Å². The summed E-state index contributed by atoms with van der Waals surface area (Å²) in [6, 6.07) is 4.63. The van der Waals surface area contributed by atoms with E-state index < -0.39 is 0 Å². The fourth-order valence-electron chi connectivity index (χ4n) is 2.37. The summed E-state index contributed by atoms with van der Waals surface area (Å²) in [5.74, 6) is -0.245. The maximum absolute atomic E-state index is 12.0. The maximum atomic E-state index is 12.0. The summed E-state index contributed by atoms with van der Waals surface area (Å²) >= 11 is 0. The van der Waals surface area contributed by atoms with Gasteiger partial charge in [0, 0.05) is 24.2 Å². The molecule has 0 fully saturated rings. The first kappa shape index (κ1) is 11.7. The van der Waals surface area contributed by atoms with Gasteiger partial charge in [0.2, 0.25) is 5.56 Å². The summed E-state index contributed by atoms with van der Waals surface area (Å²) in [5.41, 5.74) is 2.33. The van der Waals surface area contributed by atoms with Crippen LogP contribution in [0.3, 0.4) is 0 Å². The minimum absolute atomic E-state index is 0.0733. The molecule has 0 aromatic carbocycles. The zero-order valence-corrected chi connectivity index (χ0v) is 10.3. The van der Waals surface area contributed by atoms with Crippen molar-refractivity contribution in [3.63, 3.8) is 0 Å². The van der Waals surface area contributed by atoms with E-state index in [4.69, 9.17) is 0 Å². The Morgan fingerprint density at radius 1 is 1.42 bits per heavy atom. The standard InChI is InChI=1S/C13H14N4O2/c18-12-3-1-2-10(16-12)13(19)15-9-5-4-8-7-14-17-11(8)6-9/h1-3,7,9H,4-6H2,(H,14,17)(H,15,19)(H,16,18). The van der Waals surface area contributed by atoms with Crippen molar-refractivity contribution in [1.29, 1.82) is 0 Å². The molecule has 2 aromatic rings. The van der Waals surface area contributed by atoms with Gasteiger partial charge in [-0.15, -0.1) is 0 Å². The number of H-pyrrole nitrogens is 2. The molecule has 2 aromatic heterocycles. The maximum Gasteiger partial charge on any atom is 0.268 e. The van der Waals surface area contributed by atoms with Crippen molar-refractivity contribution in [2.45, 2.75) is 25.3 Å². The van der Waals surface area contributed by atoms with Gasteiger partial charge in [-0.25, -0.2) is 0 Å². The number of nitrogens with zero attached hydrogens (tertiary/aromatic N) is 1. The van der Waals surface area contributed by atoms with Crippen LogP contribution in [0.2, 0.25) is 0 Å². The molecule has 2 heterocycles. The summed E-state index contributed by atoms with van der Waals surface area (Å²) < 4.78 is 0. The number of aromatic nitrogens is 3. The van der Waals surface area contributed by atoms with Crippen LogP contribution in [0.4, 0.5) is 0 Å². The van der Waals surface area contributed by atoms with Gasteiger partial charge in [-0.2, -0.15) is 5.10 Å². The van der Waals surface area contributed by atoms with Crippen LogP contribution in [-0.2, 0) is 12.8 Å². The van der Waals surface area contributed by atoms with Crippen molar-refractivity contribution in [1.82, 2.24) is 20.5 Å². The van der Waals surface area contributed by atoms with Gasteiger partial charge >= 0.3 is 0 Å². The summed E-state index contributed by atoms with van der Waals surface area (Å²) in [5, 5.41) is 9.89. The van der Waals surface area contributed by atoms with Crippen LogP contribution in [0.1, 0.15) is 28.2 Å². The Morgan fingerprint density at radius 3 is 3.16 bits per heavy atom. The summed E-state index contributed by atoms with van der Waals surface area (Å²) in [4.78, 5) is 25.7. The molecule has 1 atom stereocenters. The van der Waals surface area contributed by atoms with E-state index in [-0.39, 0.29) is 17.5 Å². The van der Waals surface area contributed by atoms with Gasteiger partial charge in [-0.3, -0.25) is 14.7 Å². The van der Waals surface area contributed by atoms with Crippen molar-refractivity contribution in [2.75, 3.05) is 0 Å². The molecule has 0 radical (unpaired) electrons. The summed E-state index contributed by atoms with van der Waals surface area (Å²) in [6.45, 7) is 0. The Bertz CT molecular complexity index is 658. The minimum Gasteiger partial charge on any atom is -0.348 e. The van der Waals surface area contributed by atoms with E-state index in [9.17, 15) is 9.59 Å². The third kappa shape index (κ3) is 2.42. The second kappa shape index (κ2) is 4.72. The zero-order valence-electron chi connectivity index (χ0n) is 10.3. The third-order valence-corrected chi connectivity index (χ3v) is 3.37. The highest BCUT2D eigenvalue weighted by Crippen LogP contribution is 2.18. The number of pyridine rings is 1. The Hall–Kier alpha value is -2.37. The predicted molar refractivity (Wildman–Crippen MR) is 68.9 cm³/mol. The number of nitrogens with one attached hydrogen (secondary N) is 3. The highest BCUT2D eigenvalue weighted by Gasteiger charge is 2.22. The molecule has 0 spiro atoms. The number of aryl methyl sites for hydroxylation is 1. The molecule has 3 rings (SSSR count). The Balaban J connectivity index is 1.70. The molecule has 3 N–H and O–H groups in total. The first-order valence-corrected chi connectivity index (χ1v) is 6.24. The number of rotatable bonds is 2. The molecule has 6 nitrogen and oxygen atoms in total. The van der Waals surface area contributed by atoms with Gasteiger partial charge in [0.1, 0.15) is 5.69 Å². The average Bonchev–Trinajstić information content (AvgIpc) is 2.86. The molecular formula is C13H14N4O2. The number of fused-ring (bicyclic) bond motifs is 1. The van der Waals surface area contributed by atoms with E-state index in [2.05, 4.69) is 20.5 Å². The lowest BCUT2D eigenvalue weighted by atomic mass is 9.94. The third-order valence-electron chi connectivity index (χ3n) is 3.37. The fraction of sp³-hybridized carbons (Fsp3) is 0.308. The summed E-state index contributed by atoms with van der Waals surface area (Å²) in [7, 11) is 0. The van der Waals surface area contributed by atoms with Crippen LogP contribution in [0.5, 0.6) is 0 Å². The molecule has 1 aliphatic rings. The Morgan fingerprint density at radius 2 is 2.32 bits per heavy atom. The molecule has 1 amide bonds. The molecule has 98 valence electrons. The van der Waals surface area contributed by atoms with E-state index >= 15 is 0 Å². The first-order valence-electron chi connectivity index (χ1n) is 6.24. The Labute approximate surface area is 109 Å². The zero-order chi connectivity index (χ0) is 13.2. The highest BCUT2D eigenvalue weighted by atomic mass is 16.2. The monoisotopic (exact) mass is 258 g/mol. The molecule has 0 bridgehead atoms. The molecular weight excluding hydrogens is 244 g/mol. The largest absolute Gasteiger partial charge is 0.348 e. The van der Waals surface area contributed by atoms with Gasteiger partial charge in [0.15, 0.2) is 0 Å². The number of hydrogen-bond donors (Lipinski definition) is 3. The van der Waals surface area contributed by atoms with E-state index in [1.807, 2.05) is 6.20 Å². The van der Waals surface area contributed by atoms with Gasteiger partial charge in [-0.05, 0) is 24.5 Å². The van der Waals surface area contributed by atoms with Crippen molar-refractivity contribution >= 4 is 5.91 Å². The molecule has 0 saturated carbocycles. The van der Waals surface area contributed by atoms with Gasteiger partial charge in [0.05, 0.1) is 6.20 Å². The molecule has 1 aliphatic carbocycles. The van der Waals surface area contributed by atoms with E-state index in [0.29, 0.717) is 5.69 Å². The molecule has 1 unspecified atom stereocenters. The van der Waals surface area contributed by atoms with Crippen LogP contribution in [-0.4, -0.2) is 27.1 Å². The lowest BCUT2D eigenvalue weighted by Gasteiger charge is -2.22. The fourth-order valence-corrected chi connectivity index (χ4v) is 2.37. The van der Waals surface area contributed by atoms with Gasteiger partial charge < -0.3 is 10.3 Å². The van der Waals surface area contributed by atoms with Crippen LogP contribution >= 0.6 is 0 Å². The van der Waals surface area contributed by atoms with Crippen molar-refractivity contribution in [2.24, 2.45) is 0 Å². The van der Waals surface area contributed by atoms with Crippen LogP contribution in [0.15, 0.2) is 29.2 Å². The Kier molecular flexibility index (Phi) is 2.91. The molecule has 0 aliphatic heterocycles. The van der Waals surface area contributed by atoms with Crippen molar-refractivity contribution < 1.29 is 4.79 Å². The van der Waals surface area contributed by atoms with Gasteiger partial charge in [0.25, 0.3) is 5.91 Å². The molecule has 0 saturated heterocycles. The number of aromatic amines is 2. The van der Waals surface area contributed by atoms with E-state index in [1.54, 1.807) is 12.1 Å². The van der Waals surface area contributed by atoms with Gasteiger partial charge in [-0.1, -0.05) is 6.07 Å². The quantitative estimate of drug-likeness (QED) is 0.727. The van der Waals surface area contributed by atoms with Crippen molar-refractivity contribution in [3.8, 4) is 0 Å². The average molecular weight is 258 g/mol. The van der Waals surface area contributed by atoms with Crippen molar-refractivity contribution in [3.05, 3.63) is 51.7 Å². The molecule has 19 heavy (non-hydrogen) atoms. The number of carbonyl (C=O) groups is 1. The number of amides is 1. The van der Waals surface area contributed by atoms with Crippen LogP contribution in [0.25, 0.3) is 0 Å². The van der Waals surface area contributed by atoms with Crippen LogP contribution < -0.4 is 10.9 Å². The highest BCUT2D eigenvalue weighted by molar-refractivity contribution is 5.92. The number of carbonyl (C=O) groups excluding carboxylic acids is 1. The van der Waals surface area contributed by atoms with Crippen LogP contribution in [0, 0.1) is 0 Å². The number of hydrogen-bond acceptors (Lipinski definition) is 3. The summed E-state index contributed by atoms with van der Waals surface area (Å²) in [6.07, 6.45) is 4.37. The second-order valence-corrected chi connectivity index (χ2v) is 4.72. The second-order valence-electron chi connectivity index (χ2n) is 4.72. The smallest absolute Gasteiger partial charge is 0.268 e. The molecule has 6 heteroatoms. The van der Waals surface area contributed by atoms with E-state index in [0.717, 1.165) is 25.0 Å². The predicted octanol–water partition coefficient (Wildman–Crippen LogP) is 0.385. The lowest BCUT2D eigenvalue weighted by molar-refractivity contribution is 0.0928. The first-order chi connectivity index (χ1) is 9.22. The van der Waals surface area contributed by atoms with E-state index in [1.165, 1.54) is 11.6 Å². The minimum atomic E-state index is -0.271. The SMILES string of the molecule is O=C(NC1CCc2cn[nH]c2C1)c1cccc(=O)[nH]1. The lowest BCUT2D eigenvalue weighted by Crippen LogP contribution is -2.39. The normalized spacial score (nSPS) is 17.8.